The summed E-state index contributed by atoms with van der Waals surface area (Å²) in [6.07, 6.45) is 1.65. The smallest absolute Gasteiger partial charge is 0.258 e. The van der Waals surface area contributed by atoms with Crippen LogP contribution in [-0.2, 0) is 0 Å². The van der Waals surface area contributed by atoms with Gasteiger partial charge in [-0.3, -0.25) is 10.1 Å². The maximum Gasteiger partial charge on any atom is 0.269 e. The Balaban J connectivity index is 1.84. The molecule has 0 unspecified atom stereocenters. The zero-order valence-electron chi connectivity index (χ0n) is 12.4. The van der Waals surface area contributed by atoms with Crippen LogP contribution in [0.25, 0.3) is 28.4 Å². The molecule has 7 nitrogen and oxygen atoms in total. The zero-order chi connectivity index (χ0) is 16.5. The van der Waals surface area contributed by atoms with Crippen molar-refractivity contribution in [3.63, 3.8) is 0 Å². The molecule has 0 aliphatic rings. The highest BCUT2D eigenvalue weighted by atomic mass is 16.6. The van der Waals surface area contributed by atoms with Crippen molar-refractivity contribution in [2.75, 3.05) is 0 Å². The minimum Gasteiger partial charge on any atom is -0.258 e. The number of fused-ring (bicyclic) bond motifs is 1. The SMILES string of the molecule is O=[N+]([O-])c1ccc(-c2ccnc3nc(-c4ccccc4)nn23)cc1. The van der Waals surface area contributed by atoms with E-state index in [1.54, 1.807) is 28.9 Å². The van der Waals surface area contributed by atoms with E-state index in [0.717, 1.165) is 16.8 Å². The van der Waals surface area contributed by atoms with E-state index in [0.29, 0.717) is 11.6 Å². The summed E-state index contributed by atoms with van der Waals surface area (Å²) in [5.74, 6) is 1.06. The van der Waals surface area contributed by atoms with Crippen LogP contribution in [0.2, 0.25) is 0 Å². The summed E-state index contributed by atoms with van der Waals surface area (Å²) >= 11 is 0. The third-order valence-electron chi connectivity index (χ3n) is 3.65. The van der Waals surface area contributed by atoms with Crippen LogP contribution in [0.5, 0.6) is 0 Å². The number of aromatic nitrogens is 4. The molecule has 2 aromatic carbocycles. The molecule has 7 heteroatoms. The molecule has 0 aliphatic heterocycles. The van der Waals surface area contributed by atoms with Gasteiger partial charge in [0.15, 0.2) is 5.82 Å². The fraction of sp³-hybridized carbons (Fsp3) is 0. The quantitative estimate of drug-likeness (QED) is 0.427. The first-order chi connectivity index (χ1) is 11.7. The van der Waals surface area contributed by atoms with Crippen LogP contribution in [0.15, 0.2) is 66.9 Å². The second-order valence-electron chi connectivity index (χ2n) is 5.15. The van der Waals surface area contributed by atoms with E-state index in [1.807, 2.05) is 30.3 Å². The monoisotopic (exact) mass is 317 g/mol. The molecule has 24 heavy (non-hydrogen) atoms. The summed E-state index contributed by atoms with van der Waals surface area (Å²) in [7, 11) is 0. The summed E-state index contributed by atoms with van der Waals surface area (Å²) in [5, 5.41) is 15.3. The maximum atomic E-state index is 10.8. The van der Waals surface area contributed by atoms with Crippen LogP contribution in [0.3, 0.4) is 0 Å². The first kappa shape index (κ1) is 14.0. The number of hydrogen-bond donors (Lipinski definition) is 0. The van der Waals surface area contributed by atoms with Gasteiger partial charge in [-0.25, -0.2) is 4.98 Å². The molecule has 0 N–H and O–H groups in total. The van der Waals surface area contributed by atoms with E-state index in [1.165, 1.54) is 12.1 Å². The summed E-state index contributed by atoms with van der Waals surface area (Å²) in [4.78, 5) is 19.1. The first-order valence-electron chi connectivity index (χ1n) is 7.24. The van der Waals surface area contributed by atoms with Gasteiger partial charge in [0.25, 0.3) is 11.5 Å². The largest absolute Gasteiger partial charge is 0.269 e. The molecule has 0 spiro atoms. The zero-order valence-corrected chi connectivity index (χ0v) is 12.4. The van der Waals surface area contributed by atoms with Gasteiger partial charge in [-0.05, 0) is 18.2 Å². The van der Waals surface area contributed by atoms with Crippen LogP contribution in [0.4, 0.5) is 5.69 Å². The lowest BCUT2D eigenvalue weighted by atomic mass is 10.1. The molecule has 0 fully saturated rings. The Morgan fingerprint density at radius 2 is 1.67 bits per heavy atom. The molecule has 0 saturated carbocycles. The van der Waals surface area contributed by atoms with Crippen molar-refractivity contribution in [1.82, 2.24) is 19.6 Å². The van der Waals surface area contributed by atoms with Gasteiger partial charge in [0, 0.05) is 29.5 Å². The van der Waals surface area contributed by atoms with Crippen molar-refractivity contribution in [3.05, 3.63) is 77.0 Å². The first-order valence-corrected chi connectivity index (χ1v) is 7.24. The van der Waals surface area contributed by atoms with Crippen molar-refractivity contribution in [3.8, 4) is 22.6 Å². The standard InChI is InChI=1S/C17H11N5O2/c23-22(24)14-8-6-12(7-9-14)15-10-11-18-17-19-16(20-21(15)17)13-4-2-1-3-5-13/h1-11H. The van der Waals surface area contributed by atoms with E-state index >= 15 is 0 Å². The predicted octanol–water partition coefficient (Wildman–Crippen LogP) is 3.37. The lowest BCUT2D eigenvalue weighted by Crippen LogP contribution is -1.96. The molecule has 0 saturated heterocycles. The second kappa shape index (κ2) is 5.54. The van der Waals surface area contributed by atoms with E-state index in [9.17, 15) is 10.1 Å². The second-order valence-corrected chi connectivity index (χ2v) is 5.15. The Bertz CT molecular complexity index is 1030. The Labute approximate surface area is 136 Å². The fourth-order valence-electron chi connectivity index (χ4n) is 2.48. The van der Waals surface area contributed by atoms with Crippen molar-refractivity contribution >= 4 is 11.5 Å². The average Bonchev–Trinajstić information content (AvgIpc) is 3.07. The van der Waals surface area contributed by atoms with Crippen LogP contribution in [0.1, 0.15) is 0 Å². The lowest BCUT2D eigenvalue weighted by Gasteiger charge is -2.03. The van der Waals surface area contributed by atoms with Crippen molar-refractivity contribution in [2.24, 2.45) is 0 Å². The van der Waals surface area contributed by atoms with Crippen LogP contribution in [-0.4, -0.2) is 24.5 Å². The van der Waals surface area contributed by atoms with Crippen molar-refractivity contribution < 1.29 is 4.92 Å². The fourth-order valence-corrected chi connectivity index (χ4v) is 2.48. The molecular formula is C17H11N5O2. The minimum atomic E-state index is -0.422. The van der Waals surface area contributed by atoms with Gasteiger partial charge in [-0.15, -0.1) is 5.10 Å². The van der Waals surface area contributed by atoms with Gasteiger partial charge in [0.05, 0.1) is 10.6 Å². The van der Waals surface area contributed by atoms with E-state index in [4.69, 9.17) is 0 Å². The van der Waals surface area contributed by atoms with Crippen LogP contribution in [0, 0.1) is 10.1 Å². The highest BCUT2D eigenvalue weighted by Crippen LogP contribution is 2.23. The minimum absolute atomic E-state index is 0.0487. The van der Waals surface area contributed by atoms with Crippen LogP contribution >= 0.6 is 0 Å². The normalized spacial score (nSPS) is 10.8. The number of rotatable bonds is 3. The van der Waals surface area contributed by atoms with Crippen molar-refractivity contribution in [2.45, 2.75) is 0 Å². The molecule has 0 aliphatic carbocycles. The molecular weight excluding hydrogens is 306 g/mol. The third-order valence-corrected chi connectivity index (χ3v) is 3.65. The van der Waals surface area contributed by atoms with Gasteiger partial charge in [-0.1, -0.05) is 30.3 Å². The highest BCUT2D eigenvalue weighted by molar-refractivity contribution is 5.64. The summed E-state index contributed by atoms with van der Waals surface area (Å²) in [6.45, 7) is 0. The maximum absolute atomic E-state index is 10.8. The molecule has 2 aromatic heterocycles. The van der Waals surface area contributed by atoms with Gasteiger partial charge < -0.3 is 0 Å². The number of benzene rings is 2. The Morgan fingerprint density at radius 1 is 0.917 bits per heavy atom. The molecule has 2 heterocycles. The Morgan fingerprint density at radius 3 is 2.38 bits per heavy atom. The van der Waals surface area contributed by atoms with Crippen molar-refractivity contribution in [1.29, 1.82) is 0 Å². The molecule has 0 bridgehead atoms. The number of nitro groups is 1. The van der Waals surface area contributed by atoms with E-state index in [2.05, 4.69) is 15.1 Å². The number of nitro benzene ring substituents is 1. The van der Waals surface area contributed by atoms with Gasteiger partial charge >= 0.3 is 0 Å². The predicted molar refractivity (Wildman–Crippen MR) is 88.3 cm³/mol. The summed E-state index contributed by atoms with van der Waals surface area (Å²) in [6, 6.07) is 17.8. The molecule has 0 radical (unpaired) electrons. The number of non-ortho nitro benzene ring substituents is 1. The Kier molecular flexibility index (Phi) is 3.24. The number of nitrogens with zero attached hydrogens (tertiary/aromatic N) is 5. The molecule has 4 aromatic rings. The van der Waals surface area contributed by atoms with Crippen LogP contribution < -0.4 is 0 Å². The number of hydrogen-bond acceptors (Lipinski definition) is 5. The molecule has 0 amide bonds. The van der Waals surface area contributed by atoms with E-state index < -0.39 is 4.92 Å². The summed E-state index contributed by atoms with van der Waals surface area (Å²) < 4.78 is 1.64. The topological polar surface area (TPSA) is 86.2 Å². The van der Waals surface area contributed by atoms with E-state index in [-0.39, 0.29) is 5.69 Å². The lowest BCUT2D eigenvalue weighted by molar-refractivity contribution is -0.384. The van der Waals surface area contributed by atoms with Gasteiger partial charge in [-0.2, -0.15) is 9.50 Å². The van der Waals surface area contributed by atoms with Gasteiger partial charge in [0.2, 0.25) is 0 Å². The Hall–Kier alpha value is -3.61. The average molecular weight is 317 g/mol. The molecule has 0 atom stereocenters. The molecule has 116 valence electrons. The third kappa shape index (κ3) is 2.38. The van der Waals surface area contributed by atoms with Gasteiger partial charge in [0.1, 0.15) is 0 Å². The molecule has 4 rings (SSSR count). The highest BCUT2D eigenvalue weighted by Gasteiger charge is 2.12. The summed E-state index contributed by atoms with van der Waals surface area (Å²) in [5.41, 5.74) is 2.52.